The second-order valence-corrected chi connectivity index (χ2v) is 15.5. The van der Waals surface area contributed by atoms with Gasteiger partial charge in [-0.15, -0.1) is 0 Å². The van der Waals surface area contributed by atoms with Crippen LogP contribution in [0.1, 0.15) is 258 Å². The normalized spacial score (nSPS) is 11.6. The van der Waals surface area contributed by atoms with Gasteiger partial charge in [-0.2, -0.15) is 0 Å². The maximum absolute atomic E-state index is 2.65. The van der Waals surface area contributed by atoms with Gasteiger partial charge < -0.3 is 0 Å². The number of imidazole rings is 1. The lowest BCUT2D eigenvalue weighted by Crippen LogP contribution is -2.37. The van der Waals surface area contributed by atoms with Gasteiger partial charge in [0.2, 0.25) is 0 Å². The summed E-state index contributed by atoms with van der Waals surface area (Å²) in [7, 11) is 0. The van der Waals surface area contributed by atoms with Crippen molar-refractivity contribution in [3.8, 4) is 0 Å². The van der Waals surface area contributed by atoms with Gasteiger partial charge in [-0.3, -0.25) is 0 Å². The van der Waals surface area contributed by atoms with E-state index in [-0.39, 0.29) is 0 Å². The standard InChI is InChI=1S/C45H89N2/c1-4-7-10-13-16-19-22-23-24-25-27-30-33-36-39-42-47-44-43-46(41-38-35-32-29-21-18-15-12-9-6-3)45(47)40-37-34-31-28-26-20-17-14-11-8-5-2/h43-44H,4-42H2,1-3H3/q+1. The van der Waals surface area contributed by atoms with Crippen LogP contribution in [0, 0.1) is 0 Å². The molecular weight excluding hydrogens is 569 g/mol. The Balaban J connectivity index is 2.26. The molecule has 1 aromatic heterocycles. The zero-order valence-corrected chi connectivity index (χ0v) is 33.1. The highest BCUT2D eigenvalue weighted by Crippen LogP contribution is 2.16. The van der Waals surface area contributed by atoms with Gasteiger partial charge in [0.1, 0.15) is 12.4 Å². The molecule has 0 fully saturated rings. The van der Waals surface area contributed by atoms with E-state index in [0.29, 0.717) is 0 Å². The third-order valence-corrected chi connectivity index (χ3v) is 10.8. The lowest BCUT2D eigenvalue weighted by Gasteiger charge is -2.07. The van der Waals surface area contributed by atoms with Crippen molar-refractivity contribution < 1.29 is 4.57 Å². The summed E-state index contributed by atoms with van der Waals surface area (Å²) in [5, 5.41) is 0. The first kappa shape index (κ1) is 44.2. The van der Waals surface area contributed by atoms with Crippen molar-refractivity contribution in [1.29, 1.82) is 0 Å². The zero-order valence-electron chi connectivity index (χ0n) is 33.1. The second-order valence-electron chi connectivity index (χ2n) is 15.5. The van der Waals surface area contributed by atoms with Crippen molar-refractivity contribution in [2.45, 2.75) is 271 Å². The van der Waals surface area contributed by atoms with Crippen LogP contribution in [0.2, 0.25) is 0 Å². The van der Waals surface area contributed by atoms with Crippen LogP contribution in [0.15, 0.2) is 12.4 Å². The van der Waals surface area contributed by atoms with E-state index in [2.05, 4.69) is 42.3 Å². The average molecular weight is 658 g/mol. The summed E-state index contributed by atoms with van der Waals surface area (Å²) in [6.45, 7) is 9.41. The molecule has 0 aliphatic heterocycles. The summed E-state index contributed by atoms with van der Waals surface area (Å²) in [6, 6.07) is 0. The SMILES string of the molecule is CCCCCCCCCCCCCCCCCn1cc[n+](CCCCCCCCCCCC)c1CCCCCCCCCCCCC. The van der Waals surface area contributed by atoms with Crippen molar-refractivity contribution in [3.05, 3.63) is 18.2 Å². The van der Waals surface area contributed by atoms with Gasteiger partial charge in [0.25, 0.3) is 5.82 Å². The third kappa shape index (κ3) is 28.7. The van der Waals surface area contributed by atoms with Crippen LogP contribution in [-0.4, -0.2) is 4.57 Å². The Morgan fingerprint density at radius 3 is 1.02 bits per heavy atom. The van der Waals surface area contributed by atoms with E-state index in [1.54, 1.807) is 5.82 Å². The quantitative estimate of drug-likeness (QED) is 0.0492. The fourth-order valence-corrected chi connectivity index (χ4v) is 7.56. The molecule has 0 aromatic carbocycles. The monoisotopic (exact) mass is 658 g/mol. The van der Waals surface area contributed by atoms with E-state index >= 15 is 0 Å². The van der Waals surface area contributed by atoms with Crippen molar-refractivity contribution in [2.75, 3.05) is 0 Å². The number of aromatic nitrogens is 2. The zero-order chi connectivity index (χ0) is 33.7. The topological polar surface area (TPSA) is 8.81 Å². The Morgan fingerprint density at radius 2 is 0.660 bits per heavy atom. The van der Waals surface area contributed by atoms with E-state index in [1.165, 1.54) is 251 Å². The van der Waals surface area contributed by atoms with Gasteiger partial charge in [-0.05, 0) is 32.1 Å². The third-order valence-electron chi connectivity index (χ3n) is 10.8. The smallest absolute Gasteiger partial charge is 0.234 e. The fraction of sp³-hybridized carbons (Fsp3) is 0.933. The number of hydrogen-bond acceptors (Lipinski definition) is 0. The molecule has 1 rings (SSSR count). The first-order valence-electron chi connectivity index (χ1n) is 22.4. The van der Waals surface area contributed by atoms with E-state index in [1.807, 2.05) is 0 Å². The molecule has 0 spiro atoms. The molecule has 47 heavy (non-hydrogen) atoms. The van der Waals surface area contributed by atoms with Crippen LogP contribution < -0.4 is 4.57 Å². The van der Waals surface area contributed by atoms with Crippen molar-refractivity contribution in [2.24, 2.45) is 0 Å². The molecule has 0 saturated carbocycles. The number of unbranched alkanes of at least 4 members (excludes halogenated alkanes) is 33. The molecule has 0 unspecified atom stereocenters. The highest BCUT2D eigenvalue weighted by Gasteiger charge is 2.16. The number of hydrogen-bond donors (Lipinski definition) is 0. The summed E-state index contributed by atoms with van der Waals surface area (Å²) in [4.78, 5) is 0. The van der Waals surface area contributed by atoms with Gasteiger partial charge in [-0.25, -0.2) is 9.13 Å². The predicted molar refractivity (Wildman–Crippen MR) is 212 cm³/mol. The van der Waals surface area contributed by atoms with Gasteiger partial charge in [-0.1, -0.05) is 220 Å². The Labute approximate surface area is 298 Å². The fourth-order valence-electron chi connectivity index (χ4n) is 7.56. The minimum Gasteiger partial charge on any atom is -0.234 e. The van der Waals surface area contributed by atoms with Gasteiger partial charge in [0.15, 0.2) is 0 Å². The first-order valence-corrected chi connectivity index (χ1v) is 22.4. The van der Waals surface area contributed by atoms with E-state index in [4.69, 9.17) is 0 Å². The molecular formula is C45H89N2+. The number of rotatable bonds is 39. The molecule has 2 nitrogen and oxygen atoms in total. The molecule has 2 heteroatoms. The van der Waals surface area contributed by atoms with Crippen LogP contribution in [0.3, 0.4) is 0 Å². The lowest BCUT2D eigenvalue weighted by atomic mass is 10.0. The molecule has 0 bridgehead atoms. The molecule has 0 N–H and O–H groups in total. The maximum atomic E-state index is 2.65. The number of nitrogens with zero attached hydrogens (tertiary/aromatic N) is 2. The Morgan fingerprint density at radius 1 is 0.362 bits per heavy atom. The van der Waals surface area contributed by atoms with E-state index in [9.17, 15) is 0 Å². The summed E-state index contributed by atoms with van der Waals surface area (Å²) in [6.07, 6.45) is 57.8. The first-order chi connectivity index (χ1) is 23.3. The van der Waals surface area contributed by atoms with Crippen LogP contribution in [-0.2, 0) is 19.5 Å². The minimum absolute atomic E-state index is 1.23. The molecule has 1 heterocycles. The minimum atomic E-state index is 1.23. The molecule has 0 saturated heterocycles. The van der Waals surface area contributed by atoms with Crippen LogP contribution in [0.25, 0.3) is 0 Å². The molecule has 278 valence electrons. The molecule has 0 aliphatic carbocycles. The average Bonchev–Trinajstić information content (AvgIpc) is 3.47. The molecule has 0 aliphatic rings. The van der Waals surface area contributed by atoms with Crippen LogP contribution in [0.5, 0.6) is 0 Å². The van der Waals surface area contributed by atoms with Crippen molar-refractivity contribution >= 4 is 0 Å². The lowest BCUT2D eigenvalue weighted by molar-refractivity contribution is -0.704. The van der Waals surface area contributed by atoms with Gasteiger partial charge in [0, 0.05) is 6.42 Å². The number of aryl methyl sites for hydroxylation is 2. The predicted octanol–water partition coefficient (Wildman–Crippen LogP) is 15.4. The Bertz CT molecular complexity index is 722. The van der Waals surface area contributed by atoms with Crippen LogP contribution in [0.4, 0.5) is 0 Å². The Hall–Kier alpha value is -0.790. The van der Waals surface area contributed by atoms with Crippen LogP contribution >= 0.6 is 0 Å². The van der Waals surface area contributed by atoms with E-state index < -0.39 is 0 Å². The molecule has 0 amide bonds. The van der Waals surface area contributed by atoms with Gasteiger partial charge in [0.05, 0.1) is 13.1 Å². The van der Waals surface area contributed by atoms with E-state index in [0.717, 1.165) is 0 Å². The summed E-state index contributed by atoms with van der Waals surface area (Å²) in [5.74, 6) is 1.63. The van der Waals surface area contributed by atoms with Gasteiger partial charge >= 0.3 is 0 Å². The highest BCUT2D eigenvalue weighted by atomic mass is 15.1. The summed E-state index contributed by atoms with van der Waals surface area (Å²) in [5.41, 5.74) is 0. The maximum Gasteiger partial charge on any atom is 0.256 e. The Kier molecular flexibility index (Phi) is 34.3. The molecule has 0 atom stereocenters. The van der Waals surface area contributed by atoms with Crippen molar-refractivity contribution in [3.63, 3.8) is 0 Å². The summed E-state index contributed by atoms with van der Waals surface area (Å²) >= 11 is 0. The largest absolute Gasteiger partial charge is 0.256 e. The molecule has 1 aromatic rings. The highest BCUT2D eigenvalue weighted by molar-refractivity contribution is 4.84. The van der Waals surface area contributed by atoms with Crippen molar-refractivity contribution in [1.82, 2.24) is 4.57 Å². The second kappa shape index (κ2) is 36.5. The molecule has 0 radical (unpaired) electrons. The summed E-state index contributed by atoms with van der Waals surface area (Å²) < 4.78 is 5.29.